The smallest absolute Gasteiger partial charge is 0.105 e. The Morgan fingerprint density at radius 3 is 2.85 bits per heavy atom. The molecule has 0 heterocycles. The van der Waals surface area contributed by atoms with Crippen molar-refractivity contribution in [3.8, 4) is 0 Å². The third kappa shape index (κ3) is 1.42. The van der Waals surface area contributed by atoms with Crippen molar-refractivity contribution in [1.82, 2.24) is 0 Å². The van der Waals surface area contributed by atoms with Crippen molar-refractivity contribution in [1.29, 1.82) is 0 Å². The van der Waals surface area contributed by atoms with E-state index in [4.69, 9.17) is 27.9 Å². The third-order valence-electron chi connectivity index (χ3n) is 3.02. The molecule has 0 aromatic carbocycles. The van der Waals surface area contributed by atoms with Gasteiger partial charge < -0.3 is 4.74 Å². The van der Waals surface area contributed by atoms with E-state index in [-0.39, 0.29) is 5.60 Å². The molecule has 74 valence electrons. The third-order valence-corrected chi connectivity index (χ3v) is 4.17. The Morgan fingerprint density at radius 1 is 1.54 bits per heavy atom. The number of halogens is 2. The molecular formula is C10H14Cl2O. The first-order chi connectivity index (χ1) is 6.19. The van der Waals surface area contributed by atoms with Gasteiger partial charge in [0.05, 0.1) is 5.03 Å². The van der Waals surface area contributed by atoms with Crippen LogP contribution in [0.1, 0.15) is 32.6 Å². The van der Waals surface area contributed by atoms with Crippen LogP contribution in [0.5, 0.6) is 0 Å². The summed E-state index contributed by atoms with van der Waals surface area (Å²) in [6.45, 7) is 2.89. The quantitative estimate of drug-likeness (QED) is 0.706. The first kappa shape index (κ1) is 9.82. The molecule has 2 rings (SSSR count). The van der Waals surface area contributed by atoms with Gasteiger partial charge in [-0.25, -0.2) is 0 Å². The summed E-state index contributed by atoms with van der Waals surface area (Å²) in [5, 5.41) is 1.63. The fourth-order valence-corrected chi connectivity index (χ4v) is 3.05. The van der Waals surface area contributed by atoms with Crippen LogP contribution in [0.4, 0.5) is 0 Å². The maximum absolute atomic E-state index is 6.17. The largest absolute Gasteiger partial charge is 0.369 e. The molecule has 0 spiro atoms. The molecule has 1 saturated carbocycles. The summed E-state index contributed by atoms with van der Waals surface area (Å²) in [6.07, 6.45) is 4.23. The van der Waals surface area contributed by atoms with Gasteiger partial charge in [-0.2, -0.15) is 0 Å². The fourth-order valence-electron chi connectivity index (χ4n) is 2.31. The van der Waals surface area contributed by atoms with E-state index in [0.29, 0.717) is 5.92 Å². The number of rotatable bonds is 3. The van der Waals surface area contributed by atoms with Crippen molar-refractivity contribution in [2.45, 2.75) is 38.2 Å². The lowest BCUT2D eigenvalue weighted by molar-refractivity contribution is -0.00381. The van der Waals surface area contributed by atoms with Crippen LogP contribution in [-0.4, -0.2) is 12.2 Å². The highest BCUT2D eigenvalue weighted by Crippen LogP contribution is 2.56. The summed E-state index contributed by atoms with van der Waals surface area (Å²) < 4.78 is 5.84. The molecule has 2 atom stereocenters. The zero-order valence-electron chi connectivity index (χ0n) is 7.78. The van der Waals surface area contributed by atoms with Crippen molar-refractivity contribution in [3.63, 3.8) is 0 Å². The highest BCUT2D eigenvalue weighted by atomic mass is 35.5. The minimum Gasteiger partial charge on any atom is -0.369 e. The minimum absolute atomic E-state index is 0.195. The molecule has 0 aromatic rings. The Balaban J connectivity index is 2.15. The van der Waals surface area contributed by atoms with Crippen molar-refractivity contribution in [2.75, 3.05) is 6.61 Å². The second kappa shape index (κ2) is 3.45. The van der Waals surface area contributed by atoms with Gasteiger partial charge in [-0.15, -0.1) is 0 Å². The van der Waals surface area contributed by atoms with E-state index in [2.05, 4.69) is 6.92 Å². The Morgan fingerprint density at radius 2 is 2.31 bits per heavy atom. The van der Waals surface area contributed by atoms with Crippen LogP contribution in [0.2, 0.25) is 0 Å². The van der Waals surface area contributed by atoms with E-state index in [1.807, 2.05) is 0 Å². The van der Waals surface area contributed by atoms with E-state index < -0.39 is 0 Å². The highest BCUT2D eigenvalue weighted by Gasteiger charge is 2.51. The van der Waals surface area contributed by atoms with Crippen molar-refractivity contribution < 1.29 is 4.74 Å². The van der Waals surface area contributed by atoms with Crippen molar-refractivity contribution in [2.24, 2.45) is 5.92 Å². The molecular weight excluding hydrogens is 207 g/mol. The molecule has 0 amide bonds. The SMILES string of the molecule is CCCOC12CCC(C1)C(Cl)=C2Cl. The summed E-state index contributed by atoms with van der Waals surface area (Å²) >= 11 is 12.3. The number of ether oxygens (including phenoxy) is 1. The summed E-state index contributed by atoms with van der Waals surface area (Å²) in [6, 6.07) is 0. The number of hydrogen-bond acceptors (Lipinski definition) is 1. The van der Waals surface area contributed by atoms with E-state index in [0.717, 1.165) is 42.4 Å². The number of hydrogen-bond donors (Lipinski definition) is 0. The van der Waals surface area contributed by atoms with E-state index in [1.165, 1.54) is 0 Å². The zero-order valence-corrected chi connectivity index (χ0v) is 9.29. The topological polar surface area (TPSA) is 9.23 Å². The molecule has 13 heavy (non-hydrogen) atoms. The summed E-state index contributed by atoms with van der Waals surface area (Å²) in [5.41, 5.74) is -0.195. The number of fused-ring (bicyclic) bond motifs is 2. The van der Waals surface area contributed by atoms with Crippen molar-refractivity contribution >= 4 is 23.2 Å². The van der Waals surface area contributed by atoms with Gasteiger partial charge in [0.2, 0.25) is 0 Å². The van der Waals surface area contributed by atoms with Gasteiger partial charge in [0.15, 0.2) is 0 Å². The number of allylic oxidation sites excluding steroid dienone is 1. The highest BCUT2D eigenvalue weighted by molar-refractivity contribution is 6.40. The average Bonchev–Trinajstić information content (AvgIpc) is 2.65. The Labute approximate surface area is 89.0 Å². The fraction of sp³-hybridized carbons (Fsp3) is 0.800. The van der Waals surface area contributed by atoms with Gasteiger partial charge in [0, 0.05) is 11.6 Å². The molecule has 1 fully saturated rings. The molecule has 2 unspecified atom stereocenters. The monoisotopic (exact) mass is 220 g/mol. The Bertz CT molecular complexity index is 249. The lowest BCUT2D eigenvalue weighted by atomic mass is 10.0. The maximum Gasteiger partial charge on any atom is 0.105 e. The molecule has 0 aliphatic heterocycles. The molecule has 3 heteroatoms. The van der Waals surface area contributed by atoms with Gasteiger partial charge in [0.25, 0.3) is 0 Å². The molecule has 0 aromatic heterocycles. The van der Waals surface area contributed by atoms with E-state index in [9.17, 15) is 0 Å². The lowest BCUT2D eigenvalue weighted by Crippen LogP contribution is -2.28. The predicted octanol–water partition coefficient (Wildman–Crippen LogP) is 3.65. The standard InChI is InChI=1S/C10H14Cl2O/c1-2-5-13-10-4-3-7(6-10)8(11)9(10)12/h7H,2-6H2,1H3. The van der Waals surface area contributed by atoms with E-state index >= 15 is 0 Å². The maximum atomic E-state index is 6.17. The van der Waals surface area contributed by atoms with E-state index in [1.54, 1.807) is 0 Å². The predicted molar refractivity (Wildman–Crippen MR) is 55.0 cm³/mol. The van der Waals surface area contributed by atoms with Crippen LogP contribution < -0.4 is 0 Å². The average molecular weight is 221 g/mol. The lowest BCUT2D eigenvalue weighted by Gasteiger charge is -2.27. The second-order valence-corrected chi connectivity index (χ2v) is 4.73. The summed E-state index contributed by atoms with van der Waals surface area (Å²) in [4.78, 5) is 0. The minimum atomic E-state index is -0.195. The van der Waals surface area contributed by atoms with Crippen LogP contribution in [0, 0.1) is 5.92 Å². The molecule has 0 N–H and O–H groups in total. The Kier molecular flexibility index (Phi) is 2.61. The second-order valence-electron chi connectivity index (χ2n) is 3.94. The molecule has 2 bridgehead atoms. The van der Waals surface area contributed by atoms with Crippen LogP contribution in [0.3, 0.4) is 0 Å². The summed E-state index contributed by atoms with van der Waals surface area (Å²) in [7, 11) is 0. The molecule has 2 aliphatic carbocycles. The zero-order chi connectivity index (χ0) is 9.47. The first-order valence-electron chi connectivity index (χ1n) is 4.89. The summed E-state index contributed by atoms with van der Waals surface area (Å²) in [5.74, 6) is 0.478. The molecule has 0 saturated heterocycles. The van der Waals surface area contributed by atoms with Gasteiger partial charge in [-0.3, -0.25) is 0 Å². The molecule has 0 radical (unpaired) electrons. The van der Waals surface area contributed by atoms with Crippen LogP contribution in [0.25, 0.3) is 0 Å². The Hall–Kier alpha value is 0.280. The van der Waals surface area contributed by atoms with Gasteiger partial charge in [0.1, 0.15) is 5.60 Å². The molecule has 1 nitrogen and oxygen atoms in total. The first-order valence-corrected chi connectivity index (χ1v) is 5.65. The van der Waals surface area contributed by atoms with Gasteiger partial charge in [-0.1, -0.05) is 30.1 Å². The van der Waals surface area contributed by atoms with Crippen molar-refractivity contribution in [3.05, 3.63) is 10.1 Å². The van der Waals surface area contributed by atoms with Gasteiger partial charge >= 0.3 is 0 Å². The van der Waals surface area contributed by atoms with Gasteiger partial charge in [-0.05, 0) is 31.6 Å². The molecule has 2 aliphatic rings. The van der Waals surface area contributed by atoms with Crippen LogP contribution in [-0.2, 0) is 4.74 Å². The van der Waals surface area contributed by atoms with Crippen LogP contribution in [0.15, 0.2) is 10.1 Å². The normalized spacial score (nSPS) is 37.6. The van der Waals surface area contributed by atoms with Crippen LogP contribution >= 0.6 is 23.2 Å².